The quantitative estimate of drug-likeness (QED) is 0.749. The van der Waals surface area contributed by atoms with Crippen LogP contribution in [0.15, 0.2) is 4.79 Å². The lowest BCUT2D eigenvalue weighted by molar-refractivity contribution is -0.0590. The lowest BCUT2D eigenvalue weighted by Crippen LogP contribution is -2.37. The summed E-state index contributed by atoms with van der Waals surface area (Å²) in [5, 5.41) is 6.04. The molecule has 0 unspecified atom stereocenters. The topological polar surface area (TPSA) is 84.1 Å². The van der Waals surface area contributed by atoms with Gasteiger partial charge in [-0.3, -0.25) is 14.4 Å². The highest BCUT2D eigenvalue weighted by atomic mass is 16.7. The average Bonchev–Trinajstić information content (AvgIpc) is 2.20. The molecule has 0 radical (unpaired) electrons. The summed E-state index contributed by atoms with van der Waals surface area (Å²) in [5.74, 6) is -0.566. The molecule has 94 valence electrons. The van der Waals surface area contributed by atoms with Gasteiger partial charge in [0.1, 0.15) is 5.56 Å². The maximum absolute atomic E-state index is 11.8. The van der Waals surface area contributed by atoms with Crippen molar-refractivity contribution in [3.63, 3.8) is 0 Å². The Morgan fingerprint density at radius 3 is 2.47 bits per heavy atom. The predicted molar refractivity (Wildman–Crippen MR) is 62.6 cm³/mol. The Labute approximate surface area is 99.3 Å². The number of hydrogen-bond donors (Lipinski definition) is 2. The number of nitrogens with zero attached hydrogens (tertiary/aromatic N) is 1. The third-order valence-electron chi connectivity index (χ3n) is 2.15. The van der Waals surface area contributed by atoms with Crippen LogP contribution in [0.25, 0.3) is 0 Å². The second kappa shape index (κ2) is 4.67. The molecule has 1 amide bonds. The molecule has 6 heteroatoms. The Kier molecular flexibility index (Phi) is 3.67. The number of aromatic amines is 1. The molecule has 2 N–H and O–H groups in total. The van der Waals surface area contributed by atoms with Gasteiger partial charge < -0.3 is 0 Å². The normalized spacial score (nSPS) is 11.4. The summed E-state index contributed by atoms with van der Waals surface area (Å²) in [6.45, 7) is 8.77. The van der Waals surface area contributed by atoms with E-state index in [4.69, 9.17) is 4.84 Å². The van der Waals surface area contributed by atoms with Crippen molar-refractivity contribution in [3.05, 3.63) is 27.2 Å². The lowest BCUT2D eigenvalue weighted by Gasteiger charge is -2.19. The Morgan fingerprint density at radius 2 is 1.94 bits per heavy atom. The fourth-order valence-corrected chi connectivity index (χ4v) is 1.15. The van der Waals surface area contributed by atoms with Crippen molar-refractivity contribution < 1.29 is 9.63 Å². The van der Waals surface area contributed by atoms with Crippen molar-refractivity contribution in [1.29, 1.82) is 0 Å². The van der Waals surface area contributed by atoms with E-state index in [1.165, 1.54) is 0 Å². The smallest absolute Gasteiger partial charge is 0.268 e. The van der Waals surface area contributed by atoms with Gasteiger partial charge in [-0.25, -0.2) is 10.6 Å². The molecule has 0 aromatic carbocycles. The number of aryl methyl sites for hydroxylation is 1. The number of hydrogen-bond acceptors (Lipinski definition) is 4. The van der Waals surface area contributed by atoms with Gasteiger partial charge in [0.05, 0.1) is 11.3 Å². The van der Waals surface area contributed by atoms with Crippen molar-refractivity contribution >= 4 is 5.91 Å². The second-order valence-electron chi connectivity index (χ2n) is 4.78. The third kappa shape index (κ3) is 3.39. The monoisotopic (exact) mass is 239 g/mol. The Morgan fingerprint density at radius 1 is 1.35 bits per heavy atom. The molecule has 0 aliphatic heterocycles. The summed E-state index contributed by atoms with van der Waals surface area (Å²) in [4.78, 5) is 28.4. The summed E-state index contributed by atoms with van der Waals surface area (Å²) in [6, 6.07) is 0. The molecule has 0 saturated heterocycles. The summed E-state index contributed by atoms with van der Waals surface area (Å²) in [5.41, 5.74) is 2.40. The average molecular weight is 239 g/mol. The van der Waals surface area contributed by atoms with Gasteiger partial charge in [-0.15, -0.1) is 0 Å². The van der Waals surface area contributed by atoms with Crippen LogP contribution in [0.4, 0.5) is 0 Å². The van der Waals surface area contributed by atoms with Gasteiger partial charge in [-0.1, -0.05) is 0 Å². The van der Waals surface area contributed by atoms with E-state index in [0.29, 0.717) is 11.3 Å². The van der Waals surface area contributed by atoms with Gasteiger partial charge in [0.15, 0.2) is 0 Å². The fourth-order valence-electron chi connectivity index (χ4n) is 1.15. The molecule has 17 heavy (non-hydrogen) atoms. The summed E-state index contributed by atoms with van der Waals surface area (Å²) in [7, 11) is 0. The zero-order valence-electron chi connectivity index (χ0n) is 10.7. The number of nitrogens with one attached hydrogen (secondary N) is 2. The molecule has 0 saturated carbocycles. The summed E-state index contributed by atoms with van der Waals surface area (Å²) in [6.07, 6.45) is 0. The molecule has 0 aliphatic carbocycles. The maximum Gasteiger partial charge on any atom is 0.280 e. The van der Waals surface area contributed by atoms with Crippen LogP contribution in [0.2, 0.25) is 0 Å². The highest BCUT2D eigenvalue weighted by molar-refractivity contribution is 5.94. The van der Waals surface area contributed by atoms with Crippen molar-refractivity contribution in [2.24, 2.45) is 0 Å². The Bertz CT molecular complexity index is 486. The molecule has 0 bridgehead atoms. The van der Waals surface area contributed by atoms with Crippen molar-refractivity contribution in [1.82, 2.24) is 15.7 Å². The minimum atomic E-state index is -0.566. The number of amides is 1. The first-order chi connectivity index (χ1) is 7.72. The first kappa shape index (κ1) is 13.4. The predicted octanol–water partition coefficient (Wildman–Crippen LogP) is 0.847. The van der Waals surface area contributed by atoms with E-state index >= 15 is 0 Å². The number of aromatic nitrogens is 2. The van der Waals surface area contributed by atoms with Crippen LogP contribution >= 0.6 is 0 Å². The standard InChI is InChI=1S/C11H17N3O3/c1-6-7(2)12-13-9(15)8(6)10(16)14-17-11(3,4)5/h1-5H3,(H,13,15)(H,14,16). The van der Waals surface area contributed by atoms with Gasteiger partial charge >= 0.3 is 0 Å². The molecule has 0 fully saturated rings. The zero-order chi connectivity index (χ0) is 13.2. The zero-order valence-corrected chi connectivity index (χ0v) is 10.7. The van der Waals surface area contributed by atoms with Crippen molar-refractivity contribution in [3.8, 4) is 0 Å². The third-order valence-corrected chi connectivity index (χ3v) is 2.15. The van der Waals surface area contributed by atoms with Crippen LogP contribution in [0, 0.1) is 13.8 Å². The molecular weight excluding hydrogens is 222 g/mol. The van der Waals surface area contributed by atoms with Gasteiger partial charge in [0.2, 0.25) is 0 Å². The van der Waals surface area contributed by atoms with Crippen molar-refractivity contribution in [2.45, 2.75) is 40.2 Å². The number of carbonyl (C=O) groups is 1. The minimum Gasteiger partial charge on any atom is -0.268 e. The van der Waals surface area contributed by atoms with Crippen LogP contribution < -0.4 is 11.0 Å². The van der Waals surface area contributed by atoms with Crippen LogP contribution in [-0.4, -0.2) is 21.7 Å². The molecule has 0 spiro atoms. The van der Waals surface area contributed by atoms with E-state index in [2.05, 4.69) is 15.7 Å². The van der Waals surface area contributed by atoms with Crippen LogP contribution in [0.5, 0.6) is 0 Å². The van der Waals surface area contributed by atoms with Gasteiger partial charge in [-0.05, 0) is 40.2 Å². The summed E-state index contributed by atoms with van der Waals surface area (Å²) >= 11 is 0. The first-order valence-electron chi connectivity index (χ1n) is 5.26. The number of carbonyl (C=O) groups excluding carboxylic acids is 1. The Hall–Kier alpha value is -1.69. The molecular formula is C11H17N3O3. The lowest BCUT2D eigenvalue weighted by atomic mass is 10.1. The molecule has 0 aliphatic rings. The molecule has 1 aromatic rings. The SMILES string of the molecule is Cc1n[nH]c(=O)c(C(=O)NOC(C)(C)C)c1C. The second-order valence-corrected chi connectivity index (χ2v) is 4.78. The molecule has 6 nitrogen and oxygen atoms in total. The number of hydroxylamine groups is 1. The van der Waals surface area contributed by atoms with Gasteiger partial charge in [0, 0.05) is 0 Å². The summed E-state index contributed by atoms with van der Waals surface area (Å²) < 4.78 is 0. The van der Waals surface area contributed by atoms with Crippen molar-refractivity contribution in [2.75, 3.05) is 0 Å². The highest BCUT2D eigenvalue weighted by Crippen LogP contribution is 2.07. The van der Waals surface area contributed by atoms with E-state index in [1.54, 1.807) is 34.6 Å². The van der Waals surface area contributed by atoms with Crippen LogP contribution in [0.1, 0.15) is 42.4 Å². The first-order valence-corrected chi connectivity index (χ1v) is 5.26. The molecule has 1 aromatic heterocycles. The number of rotatable bonds is 2. The van der Waals surface area contributed by atoms with Gasteiger partial charge in [0.25, 0.3) is 11.5 Å². The van der Waals surface area contributed by atoms with E-state index in [1.807, 2.05) is 0 Å². The fraction of sp³-hybridized carbons (Fsp3) is 0.545. The van der Waals surface area contributed by atoms with E-state index in [0.717, 1.165) is 0 Å². The maximum atomic E-state index is 11.8. The molecule has 1 heterocycles. The highest BCUT2D eigenvalue weighted by Gasteiger charge is 2.19. The van der Waals surface area contributed by atoms with Crippen LogP contribution in [-0.2, 0) is 4.84 Å². The molecule has 0 atom stereocenters. The Balaban J connectivity index is 2.98. The largest absolute Gasteiger partial charge is 0.280 e. The van der Waals surface area contributed by atoms with E-state index < -0.39 is 17.1 Å². The number of H-pyrrole nitrogens is 1. The van der Waals surface area contributed by atoms with E-state index in [-0.39, 0.29) is 5.56 Å². The van der Waals surface area contributed by atoms with Gasteiger partial charge in [-0.2, -0.15) is 5.10 Å². The van der Waals surface area contributed by atoms with E-state index in [9.17, 15) is 9.59 Å². The van der Waals surface area contributed by atoms with Crippen LogP contribution in [0.3, 0.4) is 0 Å². The minimum absolute atomic E-state index is 0.0294. The molecule has 1 rings (SSSR count).